The van der Waals surface area contributed by atoms with Gasteiger partial charge in [-0.3, -0.25) is 4.55 Å². The van der Waals surface area contributed by atoms with Crippen LogP contribution in [0.15, 0.2) is 59.5 Å². The van der Waals surface area contributed by atoms with E-state index in [9.17, 15) is 8.42 Å². The van der Waals surface area contributed by atoms with E-state index in [2.05, 4.69) is 51.1 Å². The number of aryl methyl sites for hydroxylation is 2. The standard InChI is InChI=1S/C20H36N.C7H8O3S/c1-4-7-8-9-13-18-21(5-2,6-3)19-14-17-20-15-11-10-12-16-20;1-6-2-4-7(5-3-6)11(8,9)10/h10-12,15-16H,4-9,13-14,17-19H2,1-3H3;2-5H,1H3,(H,8,9,10)/q+1;. The third-order valence-electron chi connectivity index (χ3n) is 6.34. The van der Waals surface area contributed by atoms with E-state index in [4.69, 9.17) is 4.55 Å². The topological polar surface area (TPSA) is 54.4 Å². The lowest BCUT2D eigenvalue weighted by molar-refractivity contribution is -0.925. The predicted octanol–water partition coefficient (Wildman–Crippen LogP) is 6.69. The van der Waals surface area contributed by atoms with E-state index < -0.39 is 10.1 Å². The molecule has 0 amide bonds. The zero-order chi connectivity index (χ0) is 23.9. The van der Waals surface area contributed by atoms with Crippen LogP contribution in [0.3, 0.4) is 0 Å². The third-order valence-corrected chi connectivity index (χ3v) is 7.21. The van der Waals surface area contributed by atoms with Crippen LogP contribution in [0.2, 0.25) is 0 Å². The highest BCUT2D eigenvalue weighted by Gasteiger charge is 2.21. The van der Waals surface area contributed by atoms with Crippen molar-refractivity contribution in [3.63, 3.8) is 0 Å². The molecule has 0 aliphatic heterocycles. The van der Waals surface area contributed by atoms with Gasteiger partial charge < -0.3 is 4.48 Å². The van der Waals surface area contributed by atoms with Gasteiger partial charge in [0, 0.05) is 6.42 Å². The van der Waals surface area contributed by atoms with Crippen LogP contribution >= 0.6 is 0 Å². The van der Waals surface area contributed by atoms with Crippen LogP contribution in [-0.2, 0) is 16.5 Å². The molecule has 0 radical (unpaired) electrons. The molecule has 0 bridgehead atoms. The number of nitrogens with zero attached hydrogens (tertiary/aromatic N) is 1. The molecule has 2 aromatic rings. The molecule has 1 N–H and O–H groups in total. The van der Waals surface area contributed by atoms with Crippen molar-refractivity contribution < 1.29 is 17.5 Å². The molecule has 0 aliphatic carbocycles. The van der Waals surface area contributed by atoms with Gasteiger partial charge in [0.05, 0.1) is 31.1 Å². The number of benzene rings is 2. The molecule has 2 aromatic carbocycles. The Hall–Kier alpha value is -1.69. The zero-order valence-electron chi connectivity index (χ0n) is 20.6. The molecule has 32 heavy (non-hydrogen) atoms. The molecule has 0 heterocycles. The summed E-state index contributed by atoms with van der Waals surface area (Å²) >= 11 is 0. The van der Waals surface area contributed by atoms with E-state index in [1.807, 2.05) is 6.92 Å². The molecular formula is C27H44NO3S+. The van der Waals surface area contributed by atoms with Crippen molar-refractivity contribution >= 4 is 10.1 Å². The molecule has 0 spiro atoms. The van der Waals surface area contributed by atoms with Crippen LogP contribution in [0, 0.1) is 6.92 Å². The van der Waals surface area contributed by atoms with E-state index in [-0.39, 0.29) is 4.90 Å². The molecule has 2 rings (SSSR count). The van der Waals surface area contributed by atoms with Crippen molar-refractivity contribution in [3.8, 4) is 0 Å². The van der Waals surface area contributed by atoms with Crippen molar-refractivity contribution in [1.82, 2.24) is 0 Å². The van der Waals surface area contributed by atoms with E-state index in [1.165, 1.54) is 93.3 Å². The SMILES string of the molecule is CCCCCCC[N+](CC)(CC)CCCc1ccccc1.Cc1ccc(S(=O)(=O)O)cc1. The molecule has 0 aliphatic rings. The largest absolute Gasteiger partial charge is 0.324 e. The maximum atomic E-state index is 10.5. The summed E-state index contributed by atoms with van der Waals surface area (Å²) in [4.78, 5) is -0.0666. The van der Waals surface area contributed by atoms with E-state index in [0.717, 1.165) is 5.56 Å². The summed E-state index contributed by atoms with van der Waals surface area (Å²) in [6.07, 6.45) is 9.57. The summed E-state index contributed by atoms with van der Waals surface area (Å²) in [7, 11) is -4.02. The number of quaternary nitrogens is 1. The molecule has 180 valence electrons. The first-order valence-electron chi connectivity index (χ1n) is 12.2. The first kappa shape index (κ1) is 28.3. The first-order valence-corrected chi connectivity index (χ1v) is 13.6. The van der Waals surface area contributed by atoms with Crippen LogP contribution in [0.5, 0.6) is 0 Å². The predicted molar refractivity (Wildman–Crippen MR) is 136 cm³/mol. The van der Waals surface area contributed by atoms with Gasteiger partial charge in [0.2, 0.25) is 0 Å². The molecule has 0 fully saturated rings. The maximum Gasteiger partial charge on any atom is 0.294 e. The Labute approximate surface area is 197 Å². The number of rotatable bonds is 13. The summed E-state index contributed by atoms with van der Waals surface area (Å²) < 4.78 is 30.9. The second-order valence-electron chi connectivity index (χ2n) is 8.71. The summed E-state index contributed by atoms with van der Waals surface area (Å²) in [5, 5.41) is 0. The molecule has 0 atom stereocenters. The highest BCUT2D eigenvalue weighted by atomic mass is 32.2. The third kappa shape index (κ3) is 11.3. The Morgan fingerprint density at radius 1 is 0.750 bits per heavy atom. The Balaban J connectivity index is 0.000000389. The van der Waals surface area contributed by atoms with Gasteiger partial charge in [-0.1, -0.05) is 74.2 Å². The normalized spacial score (nSPS) is 11.7. The van der Waals surface area contributed by atoms with E-state index >= 15 is 0 Å². The Kier molecular flexibility index (Phi) is 13.5. The van der Waals surface area contributed by atoms with Gasteiger partial charge in [-0.25, -0.2) is 0 Å². The van der Waals surface area contributed by atoms with E-state index in [0.29, 0.717) is 0 Å². The molecule has 0 saturated carbocycles. The molecule has 4 nitrogen and oxygen atoms in total. The van der Waals surface area contributed by atoms with Crippen molar-refractivity contribution in [1.29, 1.82) is 0 Å². The van der Waals surface area contributed by atoms with Gasteiger partial charge in [-0.2, -0.15) is 8.42 Å². The number of hydrogen-bond donors (Lipinski definition) is 1. The lowest BCUT2D eigenvalue weighted by atomic mass is 10.1. The molecule has 0 aromatic heterocycles. The highest BCUT2D eigenvalue weighted by molar-refractivity contribution is 7.85. The van der Waals surface area contributed by atoms with E-state index in [1.54, 1.807) is 12.1 Å². The van der Waals surface area contributed by atoms with Gasteiger partial charge in [0.15, 0.2) is 0 Å². The minimum absolute atomic E-state index is 0.0666. The molecule has 0 saturated heterocycles. The molecule has 5 heteroatoms. The van der Waals surface area contributed by atoms with Crippen molar-refractivity contribution in [2.75, 3.05) is 26.2 Å². The number of hydrogen-bond acceptors (Lipinski definition) is 2. The lowest BCUT2D eigenvalue weighted by Crippen LogP contribution is -2.49. The second-order valence-corrected chi connectivity index (χ2v) is 10.1. The number of unbranched alkanes of at least 4 members (excludes halogenated alkanes) is 4. The van der Waals surface area contributed by atoms with Crippen LogP contribution in [0.1, 0.15) is 70.4 Å². The zero-order valence-corrected chi connectivity index (χ0v) is 21.4. The van der Waals surface area contributed by atoms with Gasteiger partial charge in [0.25, 0.3) is 10.1 Å². The van der Waals surface area contributed by atoms with Crippen molar-refractivity contribution in [2.45, 2.75) is 77.5 Å². The first-order chi connectivity index (χ1) is 15.3. The van der Waals surface area contributed by atoms with Crippen LogP contribution < -0.4 is 0 Å². The maximum absolute atomic E-state index is 10.5. The fraction of sp³-hybridized carbons (Fsp3) is 0.556. The average molecular weight is 463 g/mol. The average Bonchev–Trinajstić information content (AvgIpc) is 2.79. The lowest BCUT2D eigenvalue weighted by Gasteiger charge is -2.37. The minimum atomic E-state index is -4.02. The minimum Gasteiger partial charge on any atom is -0.324 e. The second kappa shape index (κ2) is 15.2. The summed E-state index contributed by atoms with van der Waals surface area (Å²) in [5.41, 5.74) is 2.45. The van der Waals surface area contributed by atoms with Crippen molar-refractivity contribution in [2.24, 2.45) is 0 Å². The van der Waals surface area contributed by atoms with Gasteiger partial charge >= 0.3 is 0 Å². The molecule has 0 unspecified atom stereocenters. The van der Waals surface area contributed by atoms with Gasteiger partial charge in [-0.05, 0) is 57.7 Å². The fourth-order valence-corrected chi connectivity index (χ4v) is 4.47. The van der Waals surface area contributed by atoms with Gasteiger partial charge in [0.1, 0.15) is 0 Å². The van der Waals surface area contributed by atoms with Gasteiger partial charge in [-0.15, -0.1) is 0 Å². The quantitative estimate of drug-likeness (QED) is 0.205. The highest BCUT2D eigenvalue weighted by Crippen LogP contribution is 2.14. The summed E-state index contributed by atoms with van der Waals surface area (Å²) in [5.74, 6) is 0. The van der Waals surface area contributed by atoms with Crippen molar-refractivity contribution in [3.05, 3.63) is 65.7 Å². The summed E-state index contributed by atoms with van der Waals surface area (Å²) in [6.45, 7) is 14.2. The molecular weight excluding hydrogens is 418 g/mol. The van der Waals surface area contributed by atoms with Crippen LogP contribution in [0.4, 0.5) is 0 Å². The summed E-state index contributed by atoms with van der Waals surface area (Å²) in [6, 6.07) is 16.9. The Morgan fingerprint density at radius 2 is 1.31 bits per heavy atom. The fourth-order valence-electron chi connectivity index (χ4n) is 3.99. The van der Waals surface area contributed by atoms with Crippen LogP contribution in [0.25, 0.3) is 0 Å². The Morgan fingerprint density at radius 3 is 1.84 bits per heavy atom. The van der Waals surface area contributed by atoms with Crippen LogP contribution in [-0.4, -0.2) is 43.6 Å². The monoisotopic (exact) mass is 462 g/mol. The smallest absolute Gasteiger partial charge is 0.294 e. The Bertz CT molecular complexity index is 829.